The fourth-order valence-electron chi connectivity index (χ4n) is 1.98. The summed E-state index contributed by atoms with van der Waals surface area (Å²) in [5.41, 5.74) is 1.20. The van der Waals surface area contributed by atoms with Crippen molar-refractivity contribution in [1.29, 1.82) is 0 Å². The van der Waals surface area contributed by atoms with Crippen LogP contribution in [0.15, 0.2) is 22.7 Å². The summed E-state index contributed by atoms with van der Waals surface area (Å²) in [4.78, 5) is 0. The van der Waals surface area contributed by atoms with Gasteiger partial charge in [0.05, 0.1) is 6.61 Å². The Kier molecular flexibility index (Phi) is 9.71. The highest BCUT2D eigenvalue weighted by molar-refractivity contribution is 9.10. The van der Waals surface area contributed by atoms with Crippen LogP contribution in [0.25, 0.3) is 0 Å². The van der Waals surface area contributed by atoms with E-state index >= 15 is 0 Å². The number of rotatable bonds is 11. The van der Waals surface area contributed by atoms with Crippen molar-refractivity contribution in [2.45, 2.75) is 45.6 Å². The van der Waals surface area contributed by atoms with E-state index in [4.69, 9.17) is 9.84 Å². The van der Waals surface area contributed by atoms with E-state index in [0.29, 0.717) is 6.61 Å². The summed E-state index contributed by atoms with van der Waals surface area (Å²) >= 11 is 3.51. The Hall–Kier alpha value is -0.580. The van der Waals surface area contributed by atoms with Crippen molar-refractivity contribution in [1.82, 2.24) is 5.32 Å². The minimum atomic E-state index is 0.309. The molecule has 1 aromatic carbocycles. The highest BCUT2D eigenvalue weighted by Crippen LogP contribution is 2.23. The first-order valence-electron chi connectivity index (χ1n) is 7.50. The van der Waals surface area contributed by atoms with E-state index < -0.39 is 0 Å². The smallest absolute Gasteiger partial charge is 0.123 e. The number of halogens is 1. The second-order valence-electron chi connectivity index (χ2n) is 4.92. The van der Waals surface area contributed by atoms with Gasteiger partial charge in [-0.05, 0) is 44.0 Å². The third-order valence-corrected chi connectivity index (χ3v) is 3.55. The van der Waals surface area contributed by atoms with Gasteiger partial charge in [-0.3, -0.25) is 0 Å². The molecular weight excluding hydrogens is 318 g/mol. The summed E-state index contributed by atoms with van der Waals surface area (Å²) in [6, 6.07) is 6.16. The van der Waals surface area contributed by atoms with E-state index in [2.05, 4.69) is 34.2 Å². The van der Waals surface area contributed by atoms with E-state index in [-0.39, 0.29) is 0 Å². The molecule has 0 aliphatic rings. The number of ether oxygens (including phenoxy) is 1. The van der Waals surface area contributed by atoms with Crippen molar-refractivity contribution in [2.24, 2.45) is 0 Å². The average molecular weight is 344 g/mol. The third kappa shape index (κ3) is 7.27. The topological polar surface area (TPSA) is 41.5 Å². The molecule has 0 saturated carbocycles. The zero-order valence-electron chi connectivity index (χ0n) is 12.3. The zero-order chi connectivity index (χ0) is 14.6. The molecule has 3 nitrogen and oxygen atoms in total. The van der Waals surface area contributed by atoms with Crippen LogP contribution in [0.2, 0.25) is 0 Å². The Morgan fingerprint density at radius 3 is 2.75 bits per heavy atom. The Balaban J connectivity index is 2.32. The number of aliphatic hydroxyl groups excluding tert-OH is 1. The predicted octanol–water partition coefficient (Wildman–Crippen LogP) is 3.88. The first-order chi connectivity index (χ1) is 9.77. The molecule has 0 amide bonds. The molecule has 0 aliphatic heterocycles. The van der Waals surface area contributed by atoms with E-state index in [1.54, 1.807) is 0 Å². The lowest BCUT2D eigenvalue weighted by atomic mass is 10.2. The average Bonchev–Trinajstić information content (AvgIpc) is 2.45. The molecule has 114 valence electrons. The van der Waals surface area contributed by atoms with Crippen LogP contribution in [0.3, 0.4) is 0 Å². The first-order valence-corrected chi connectivity index (χ1v) is 8.30. The molecule has 0 bridgehead atoms. The van der Waals surface area contributed by atoms with Crippen LogP contribution in [0.4, 0.5) is 0 Å². The molecule has 4 heteroatoms. The van der Waals surface area contributed by atoms with Gasteiger partial charge in [-0.1, -0.05) is 35.7 Å². The van der Waals surface area contributed by atoms with Gasteiger partial charge < -0.3 is 15.2 Å². The van der Waals surface area contributed by atoms with Gasteiger partial charge in [0.1, 0.15) is 5.75 Å². The lowest BCUT2D eigenvalue weighted by molar-refractivity contribution is 0.282. The maximum Gasteiger partial charge on any atom is 0.123 e. The van der Waals surface area contributed by atoms with Crippen molar-refractivity contribution in [3.63, 3.8) is 0 Å². The second-order valence-corrected chi connectivity index (χ2v) is 5.83. The second kappa shape index (κ2) is 11.1. The fourth-order valence-corrected chi connectivity index (χ4v) is 2.39. The van der Waals surface area contributed by atoms with E-state index in [9.17, 15) is 0 Å². The van der Waals surface area contributed by atoms with Crippen molar-refractivity contribution in [3.05, 3.63) is 28.2 Å². The highest BCUT2D eigenvalue weighted by atomic mass is 79.9. The lowest BCUT2D eigenvalue weighted by Gasteiger charge is -2.12. The Bertz CT molecular complexity index is 371. The van der Waals surface area contributed by atoms with E-state index in [0.717, 1.165) is 55.6 Å². The minimum Gasteiger partial charge on any atom is -0.493 e. The summed E-state index contributed by atoms with van der Waals surface area (Å²) in [5, 5.41) is 12.2. The van der Waals surface area contributed by atoms with Crippen molar-refractivity contribution >= 4 is 15.9 Å². The molecule has 0 atom stereocenters. The maximum absolute atomic E-state index is 8.71. The summed E-state index contributed by atoms with van der Waals surface area (Å²) in [6.45, 7) is 5.02. The maximum atomic E-state index is 8.71. The van der Waals surface area contributed by atoms with E-state index in [1.165, 1.54) is 12.0 Å². The van der Waals surface area contributed by atoms with Gasteiger partial charge in [0.2, 0.25) is 0 Å². The van der Waals surface area contributed by atoms with Gasteiger partial charge in [-0.2, -0.15) is 0 Å². The SMILES string of the molecule is CCCOc1ccc(Br)cc1CNCCCCCCO. The van der Waals surface area contributed by atoms with Crippen molar-refractivity contribution in [2.75, 3.05) is 19.8 Å². The zero-order valence-corrected chi connectivity index (χ0v) is 13.9. The van der Waals surface area contributed by atoms with Crippen LogP contribution < -0.4 is 10.1 Å². The number of hydrogen-bond acceptors (Lipinski definition) is 3. The number of nitrogens with one attached hydrogen (secondary N) is 1. The van der Waals surface area contributed by atoms with Crippen LogP contribution in [-0.2, 0) is 6.54 Å². The molecule has 0 aliphatic carbocycles. The molecule has 1 rings (SSSR count). The fraction of sp³-hybridized carbons (Fsp3) is 0.625. The minimum absolute atomic E-state index is 0.309. The third-order valence-electron chi connectivity index (χ3n) is 3.06. The molecule has 0 radical (unpaired) electrons. The molecule has 0 saturated heterocycles. The number of benzene rings is 1. The molecule has 0 unspecified atom stereocenters. The van der Waals surface area contributed by atoms with Gasteiger partial charge >= 0.3 is 0 Å². The molecule has 0 spiro atoms. The van der Waals surface area contributed by atoms with Crippen LogP contribution in [0.5, 0.6) is 5.75 Å². The van der Waals surface area contributed by atoms with Crippen LogP contribution in [-0.4, -0.2) is 24.9 Å². The molecule has 0 fully saturated rings. The molecule has 2 N–H and O–H groups in total. The van der Waals surface area contributed by atoms with Crippen molar-refractivity contribution < 1.29 is 9.84 Å². The number of aliphatic hydroxyl groups is 1. The van der Waals surface area contributed by atoms with E-state index in [1.807, 2.05) is 12.1 Å². The van der Waals surface area contributed by atoms with Gasteiger partial charge in [-0.15, -0.1) is 0 Å². The first kappa shape index (κ1) is 17.5. The van der Waals surface area contributed by atoms with Crippen LogP contribution >= 0.6 is 15.9 Å². The van der Waals surface area contributed by atoms with Gasteiger partial charge in [0.25, 0.3) is 0 Å². The van der Waals surface area contributed by atoms with Gasteiger partial charge in [0, 0.05) is 23.2 Å². The summed E-state index contributed by atoms with van der Waals surface area (Å²) < 4.78 is 6.85. The largest absolute Gasteiger partial charge is 0.493 e. The summed E-state index contributed by atoms with van der Waals surface area (Å²) in [6.07, 6.45) is 5.37. The van der Waals surface area contributed by atoms with Crippen LogP contribution in [0, 0.1) is 0 Å². The van der Waals surface area contributed by atoms with Gasteiger partial charge in [0.15, 0.2) is 0 Å². The van der Waals surface area contributed by atoms with Gasteiger partial charge in [-0.25, -0.2) is 0 Å². The molecule has 0 aromatic heterocycles. The summed E-state index contributed by atoms with van der Waals surface area (Å²) in [5.74, 6) is 0.975. The number of unbranched alkanes of at least 4 members (excludes halogenated alkanes) is 3. The number of hydrogen-bond donors (Lipinski definition) is 2. The summed E-state index contributed by atoms with van der Waals surface area (Å²) in [7, 11) is 0. The predicted molar refractivity (Wildman–Crippen MR) is 87.2 cm³/mol. The molecule has 0 heterocycles. The normalized spacial score (nSPS) is 10.8. The Labute approximate surface area is 130 Å². The van der Waals surface area contributed by atoms with Crippen molar-refractivity contribution in [3.8, 4) is 5.75 Å². The lowest BCUT2D eigenvalue weighted by Crippen LogP contribution is -2.15. The standard InChI is InChI=1S/C16H26BrNO2/c1-2-11-20-16-8-7-15(17)12-14(16)13-18-9-5-3-4-6-10-19/h7-8,12,18-19H,2-6,9-11,13H2,1H3. The molecule has 1 aromatic rings. The van der Waals surface area contributed by atoms with Crippen LogP contribution in [0.1, 0.15) is 44.6 Å². The Morgan fingerprint density at radius 1 is 1.20 bits per heavy atom. The Morgan fingerprint density at radius 2 is 2.00 bits per heavy atom. The highest BCUT2D eigenvalue weighted by Gasteiger charge is 2.04. The monoisotopic (exact) mass is 343 g/mol. The molecular formula is C16H26BrNO2. The quantitative estimate of drug-likeness (QED) is 0.599. The molecule has 20 heavy (non-hydrogen) atoms.